The summed E-state index contributed by atoms with van der Waals surface area (Å²) in [6.07, 6.45) is -7.41. The molecule has 0 bridgehead atoms. The van der Waals surface area contributed by atoms with Gasteiger partial charge in [0, 0.05) is 29.4 Å². The fourth-order valence-electron chi connectivity index (χ4n) is 3.39. The van der Waals surface area contributed by atoms with Crippen LogP contribution >= 0.6 is 0 Å². The van der Waals surface area contributed by atoms with Crippen molar-refractivity contribution in [1.82, 2.24) is 0 Å². The van der Waals surface area contributed by atoms with Crippen LogP contribution in [-0.2, 0) is 20.9 Å². The van der Waals surface area contributed by atoms with Crippen molar-refractivity contribution in [3.8, 4) is 11.5 Å². The quantitative estimate of drug-likeness (QED) is 0.0827. The molecule has 0 saturated carbocycles. The number of alkyl halides is 7. The number of ether oxygens (including phenoxy) is 3. The molecule has 0 amide bonds. The number of rotatable bonds is 11. The van der Waals surface area contributed by atoms with Crippen molar-refractivity contribution >= 4 is 35.4 Å². The van der Waals surface area contributed by atoms with Gasteiger partial charge in [0.15, 0.2) is 0 Å². The molecule has 8 nitrogen and oxygen atoms in total. The molecule has 0 atom stereocenters. The Morgan fingerprint density at radius 3 is 1.98 bits per heavy atom. The number of esters is 3. The van der Waals surface area contributed by atoms with Crippen LogP contribution in [0.1, 0.15) is 34.3 Å². The van der Waals surface area contributed by atoms with Crippen LogP contribution < -0.4 is 20.9 Å². The number of hydrogen-bond donors (Lipinski definition) is 2. The molecule has 3 rings (SSSR count). The van der Waals surface area contributed by atoms with Gasteiger partial charge in [-0.3, -0.25) is 4.79 Å². The van der Waals surface area contributed by atoms with Crippen LogP contribution in [0.3, 0.4) is 0 Å². The lowest BCUT2D eigenvalue weighted by atomic mass is 10.1. The summed E-state index contributed by atoms with van der Waals surface area (Å²) in [6.45, 7) is -0.0792. The van der Waals surface area contributed by atoms with Gasteiger partial charge in [-0.05, 0) is 66.2 Å². The van der Waals surface area contributed by atoms with Gasteiger partial charge < -0.3 is 25.7 Å². The topological polar surface area (TPSA) is 131 Å². The lowest BCUT2D eigenvalue weighted by Gasteiger charge is -2.27. The van der Waals surface area contributed by atoms with Crippen LogP contribution in [0.25, 0.3) is 6.08 Å². The summed E-state index contributed by atoms with van der Waals surface area (Å²) in [5.41, 5.74) is 13.5. The number of hydrogen-bond acceptors (Lipinski definition) is 8. The molecule has 3 aromatic rings. The minimum absolute atomic E-state index is 0.0336. The van der Waals surface area contributed by atoms with E-state index in [1.807, 2.05) is 0 Å². The Labute approximate surface area is 245 Å². The van der Waals surface area contributed by atoms with Crippen molar-refractivity contribution in [2.24, 2.45) is 0 Å². The Hall–Kier alpha value is -5.08. The fraction of sp³-hybridized carbons (Fsp3) is 0.207. The standard InChI is InChI=1S/C29H23F7N2O6/c30-27(31,28(32,33)29(34,35)36)14-13-25(40)43-21-9-4-18(5-10-21)26(41)44-22-7-1-17(2-8-22)3-12-24(39)42-16-19-15-20(37)6-11-23(19)38/h1-12,15H,13-14,16,37-38H2/b12-3+. The van der Waals surface area contributed by atoms with Crippen LogP contribution in [0.15, 0.2) is 72.8 Å². The summed E-state index contributed by atoms with van der Waals surface area (Å²) in [7, 11) is 0. The van der Waals surface area contributed by atoms with Gasteiger partial charge >= 0.3 is 35.9 Å². The first-order valence-corrected chi connectivity index (χ1v) is 12.4. The minimum Gasteiger partial charge on any atom is -0.458 e. The van der Waals surface area contributed by atoms with E-state index in [1.165, 1.54) is 24.3 Å². The molecule has 0 aliphatic heterocycles. The average molecular weight is 628 g/mol. The summed E-state index contributed by atoms with van der Waals surface area (Å²) in [5, 5.41) is 0. The molecule has 234 valence electrons. The lowest BCUT2D eigenvalue weighted by Crippen LogP contribution is -2.52. The highest BCUT2D eigenvalue weighted by Gasteiger charge is 2.72. The monoisotopic (exact) mass is 628 g/mol. The van der Waals surface area contributed by atoms with Crippen LogP contribution in [0, 0.1) is 0 Å². The SMILES string of the molecule is Nc1ccc(N)c(COC(=O)/C=C/c2ccc(OC(=O)c3ccc(OC(=O)CCC(F)(F)C(F)(F)C(F)(F)F)cc3)cc2)c1. The highest BCUT2D eigenvalue weighted by molar-refractivity contribution is 5.91. The molecule has 15 heteroatoms. The van der Waals surface area contributed by atoms with E-state index in [-0.39, 0.29) is 23.7 Å². The third kappa shape index (κ3) is 8.72. The molecule has 0 aliphatic carbocycles. The van der Waals surface area contributed by atoms with Crippen LogP contribution in [0.2, 0.25) is 0 Å². The number of anilines is 2. The Kier molecular flexibility index (Phi) is 10.2. The van der Waals surface area contributed by atoms with Gasteiger partial charge in [-0.15, -0.1) is 0 Å². The van der Waals surface area contributed by atoms with Crippen molar-refractivity contribution in [1.29, 1.82) is 0 Å². The molecule has 0 heterocycles. The maximum atomic E-state index is 13.4. The zero-order chi connectivity index (χ0) is 32.7. The van der Waals surface area contributed by atoms with E-state index >= 15 is 0 Å². The number of nitrogen functional groups attached to an aromatic ring is 2. The Balaban J connectivity index is 1.48. The maximum absolute atomic E-state index is 13.4. The first-order chi connectivity index (χ1) is 20.5. The fourth-order valence-corrected chi connectivity index (χ4v) is 3.39. The predicted molar refractivity (Wildman–Crippen MR) is 143 cm³/mol. The van der Waals surface area contributed by atoms with Crippen LogP contribution in [0.5, 0.6) is 11.5 Å². The first-order valence-electron chi connectivity index (χ1n) is 12.4. The Morgan fingerprint density at radius 1 is 0.773 bits per heavy atom. The molecule has 0 aliphatic rings. The molecule has 0 aromatic heterocycles. The van der Waals surface area contributed by atoms with Gasteiger partial charge in [-0.1, -0.05) is 12.1 Å². The first kappa shape index (κ1) is 33.4. The summed E-state index contributed by atoms with van der Waals surface area (Å²) >= 11 is 0. The highest BCUT2D eigenvalue weighted by Crippen LogP contribution is 2.48. The summed E-state index contributed by atoms with van der Waals surface area (Å²) in [4.78, 5) is 36.1. The van der Waals surface area contributed by atoms with Crippen molar-refractivity contribution in [3.63, 3.8) is 0 Å². The second-order valence-corrected chi connectivity index (χ2v) is 9.13. The van der Waals surface area contributed by atoms with Crippen molar-refractivity contribution in [2.75, 3.05) is 11.5 Å². The number of halogens is 7. The zero-order valence-electron chi connectivity index (χ0n) is 22.4. The second kappa shape index (κ2) is 13.5. The summed E-state index contributed by atoms with van der Waals surface area (Å²) < 4.78 is 104. The number of nitrogens with two attached hydrogens (primary N) is 2. The van der Waals surface area contributed by atoms with Crippen molar-refractivity contribution in [2.45, 2.75) is 37.5 Å². The van der Waals surface area contributed by atoms with Gasteiger partial charge in [0.2, 0.25) is 0 Å². The molecule has 0 saturated heterocycles. The Bertz CT molecular complexity index is 1520. The van der Waals surface area contributed by atoms with E-state index in [2.05, 4.69) is 4.74 Å². The van der Waals surface area contributed by atoms with Gasteiger partial charge in [-0.2, -0.15) is 30.7 Å². The van der Waals surface area contributed by atoms with E-state index in [4.69, 9.17) is 20.9 Å². The summed E-state index contributed by atoms with van der Waals surface area (Å²) in [5.74, 6) is -15.0. The van der Waals surface area contributed by atoms with E-state index in [0.717, 1.165) is 24.3 Å². The van der Waals surface area contributed by atoms with Gasteiger partial charge in [-0.25, -0.2) is 9.59 Å². The molecule has 0 unspecified atom stereocenters. The summed E-state index contributed by atoms with van der Waals surface area (Å²) in [6, 6.07) is 15.1. The van der Waals surface area contributed by atoms with E-state index < -0.39 is 48.8 Å². The third-order valence-electron chi connectivity index (χ3n) is 5.82. The highest BCUT2D eigenvalue weighted by atomic mass is 19.4. The lowest BCUT2D eigenvalue weighted by molar-refractivity contribution is -0.355. The number of carbonyl (C=O) groups is 3. The molecule has 0 radical (unpaired) electrons. The number of carbonyl (C=O) groups excluding carboxylic acids is 3. The molecular weight excluding hydrogens is 605 g/mol. The van der Waals surface area contributed by atoms with E-state index in [0.29, 0.717) is 22.5 Å². The third-order valence-corrected chi connectivity index (χ3v) is 5.82. The molecular formula is C29H23F7N2O6. The van der Waals surface area contributed by atoms with Crippen molar-refractivity contribution < 1.29 is 59.3 Å². The second-order valence-electron chi connectivity index (χ2n) is 9.13. The average Bonchev–Trinajstić information content (AvgIpc) is 2.96. The molecule has 4 N–H and O–H groups in total. The minimum atomic E-state index is -6.50. The van der Waals surface area contributed by atoms with E-state index in [9.17, 15) is 45.1 Å². The Morgan fingerprint density at radius 2 is 1.36 bits per heavy atom. The van der Waals surface area contributed by atoms with Gasteiger partial charge in [0.25, 0.3) is 0 Å². The predicted octanol–water partition coefficient (Wildman–Crippen LogP) is 6.35. The molecule has 0 fully saturated rings. The molecule has 0 spiro atoms. The molecule has 3 aromatic carbocycles. The van der Waals surface area contributed by atoms with E-state index in [1.54, 1.807) is 30.3 Å². The van der Waals surface area contributed by atoms with Gasteiger partial charge in [0.05, 0.1) is 12.0 Å². The smallest absolute Gasteiger partial charge is 0.458 e. The van der Waals surface area contributed by atoms with Gasteiger partial charge in [0.1, 0.15) is 18.1 Å². The van der Waals surface area contributed by atoms with Crippen LogP contribution in [0.4, 0.5) is 42.1 Å². The largest absolute Gasteiger partial charge is 0.459 e. The van der Waals surface area contributed by atoms with Crippen LogP contribution in [-0.4, -0.2) is 35.9 Å². The number of benzene rings is 3. The normalized spacial score (nSPS) is 12.2. The molecule has 44 heavy (non-hydrogen) atoms. The zero-order valence-corrected chi connectivity index (χ0v) is 22.4. The van der Waals surface area contributed by atoms with Crippen molar-refractivity contribution in [3.05, 3.63) is 89.5 Å². The maximum Gasteiger partial charge on any atom is 0.459 e.